The van der Waals surface area contributed by atoms with Crippen molar-refractivity contribution < 1.29 is 14.7 Å². The van der Waals surface area contributed by atoms with Gasteiger partial charge in [-0.3, -0.25) is 14.3 Å². The summed E-state index contributed by atoms with van der Waals surface area (Å²) in [6.07, 6.45) is 6.38. The highest BCUT2D eigenvalue weighted by Gasteiger charge is 2.30. The third kappa shape index (κ3) is 4.68. The van der Waals surface area contributed by atoms with Crippen molar-refractivity contribution in [3.05, 3.63) is 53.9 Å². The number of rotatable bonds is 6. The summed E-state index contributed by atoms with van der Waals surface area (Å²) in [4.78, 5) is 23.4. The van der Waals surface area contributed by atoms with E-state index in [2.05, 4.69) is 10.4 Å². The van der Waals surface area contributed by atoms with Crippen LogP contribution >= 0.6 is 0 Å². The van der Waals surface area contributed by atoms with E-state index in [-0.39, 0.29) is 17.7 Å². The molecule has 1 aliphatic rings. The minimum absolute atomic E-state index is 0.0356. The Hall–Kier alpha value is -2.63. The zero-order chi connectivity index (χ0) is 17.6. The molecule has 1 aromatic carbocycles. The molecule has 132 valence electrons. The van der Waals surface area contributed by atoms with Crippen LogP contribution in [0.4, 0.5) is 0 Å². The smallest absolute Gasteiger partial charge is 0.306 e. The van der Waals surface area contributed by atoms with Crippen molar-refractivity contribution in [2.75, 3.05) is 0 Å². The molecule has 1 heterocycles. The second-order valence-corrected chi connectivity index (χ2v) is 6.64. The predicted molar refractivity (Wildman–Crippen MR) is 92.7 cm³/mol. The molecule has 1 saturated carbocycles. The van der Waals surface area contributed by atoms with Gasteiger partial charge in [-0.2, -0.15) is 5.10 Å². The zero-order valence-electron chi connectivity index (χ0n) is 14.1. The molecule has 2 aromatic rings. The number of carbonyl (C=O) groups excluding carboxylic acids is 1. The molecule has 0 radical (unpaired) electrons. The molecule has 0 spiro atoms. The molecule has 0 bridgehead atoms. The lowest BCUT2D eigenvalue weighted by atomic mass is 9.81. The zero-order valence-corrected chi connectivity index (χ0v) is 14.1. The van der Waals surface area contributed by atoms with Gasteiger partial charge in [-0.05, 0) is 36.5 Å². The van der Waals surface area contributed by atoms with Crippen LogP contribution in [0.5, 0.6) is 0 Å². The average molecular weight is 341 g/mol. The Balaban J connectivity index is 1.49. The van der Waals surface area contributed by atoms with Gasteiger partial charge in [0.05, 0.1) is 12.5 Å². The molecule has 2 atom stereocenters. The molecule has 6 nitrogen and oxygen atoms in total. The van der Waals surface area contributed by atoms with Crippen LogP contribution in [0.15, 0.2) is 42.7 Å². The second kappa shape index (κ2) is 7.96. The fourth-order valence-corrected chi connectivity index (χ4v) is 3.33. The van der Waals surface area contributed by atoms with Gasteiger partial charge in [0.1, 0.15) is 0 Å². The van der Waals surface area contributed by atoms with Gasteiger partial charge in [0.2, 0.25) is 5.91 Å². The summed E-state index contributed by atoms with van der Waals surface area (Å²) in [6, 6.07) is 9.96. The maximum absolute atomic E-state index is 12.3. The van der Waals surface area contributed by atoms with Crippen LogP contribution in [0.1, 0.15) is 36.8 Å². The summed E-state index contributed by atoms with van der Waals surface area (Å²) in [6.45, 7) is 1.19. The fourth-order valence-electron chi connectivity index (χ4n) is 3.33. The first-order chi connectivity index (χ1) is 12.1. The predicted octanol–water partition coefficient (Wildman–Crippen LogP) is 2.44. The molecule has 2 unspecified atom stereocenters. The van der Waals surface area contributed by atoms with Crippen molar-refractivity contribution in [3.63, 3.8) is 0 Å². The van der Waals surface area contributed by atoms with Crippen LogP contribution in [0.3, 0.4) is 0 Å². The first-order valence-electron chi connectivity index (χ1n) is 8.67. The van der Waals surface area contributed by atoms with Crippen LogP contribution < -0.4 is 5.32 Å². The summed E-state index contributed by atoms with van der Waals surface area (Å²) in [5.74, 6) is -1.39. The highest BCUT2D eigenvalue weighted by molar-refractivity contribution is 5.80. The molecule has 1 amide bonds. The Labute approximate surface area is 146 Å². The van der Waals surface area contributed by atoms with Gasteiger partial charge in [-0.15, -0.1) is 0 Å². The number of aliphatic carboxylic acids is 1. The monoisotopic (exact) mass is 341 g/mol. The summed E-state index contributed by atoms with van der Waals surface area (Å²) < 4.78 is 1.86. The highest BCUT2D eigenvalue weighted by atomic mass is 16.4. The molecule has 0 saturated heterocycles. The van der Waals surface area contributed by atoms with E-state index in [4.69, 9.17) is 5.11 Å². The van der Waals surface area contributed by atoms with Crippen molar-refractivity contribution in [2.45, 2.75) is 38.8 Å². The number of amides is 1. The SMILES string of the molecule is O=C(O)C1CCCC(C(=O)NCc2ccc(Cn3cccn3)cc2)C1. The summed E-state index contributed by atoms with van der Waals surface area (Å²) >= 11 is 0. The van der Waals surface area contributed by atoms with Crippen molar-refractivity contribution >= 4 is 11.9 Å². The number of hydrogen-bond donors (Lipinski definition) is 2. The van der Waals surface area contributed by atoms with Crippen LogP contribution in [-0.4, -0.2) is 26.8 Å². The number of benzene rings is 1. The van der Waals surface area contributed by atoms with Crippen LogP contribution in [0.2, 0.25) is 0 Å². The Morgan fingerprint density at radius 1 is 1.16 bits per heavy atom. The van der Waals surface area contributed by atoms with E-state index in [1.165, 1.54) is 0 Å². The second-order valence-electron chi connectivity index (χ2n) is 6.64. The number of hydrogen-bond acceptors (Lipinski definition) is 3. The minimum Gasteiger partial charge on any atom is -0.481 e. The Morgan fingerprint density at radius 2 is 1.88 bits per heavy atom. The molecular formula is C19H23N3O3. The Kier molecular flexibility index (Phi) is 5.48. The number of nitrogens with one attached hydrogen (secondary N) is 1. The lowest BCUT2D eigenvalue weighted by molar-refractivity contribution is -0.144. The molecular weight excluding hydrogens is 318 g/mol. The van der Waals surface area contributed by atoms with E-state index >= 15 is 0 Å². The lowest BCUT2D eigenvalue weighted by Gasteiger charge is -2.25. The minimum atomic E-state index is -0.787. The number of aromatic nitrogens is 2. The van der Waals surface area contributed by atoms with Gasteiger partial charge in [-0.25, -0.2) is 0 Å². The molecule has 2 N–H and O–H groups in total. The van der Waals surface area contributed by atoms with E-state index in [0.29, 0.717) is 19.4 Å². The highest BCUT2D eigenvalue weighted by Crippen LogP contribution is 2.29. The van der Waals surface area contributed by atoms with E-state index in [1.807, 2.05) is 41.2 Å². The van der Waals surface area contributed by atoms with Crippen molar-refractivity contribution in [1.29, 1.82) is 0 Å². The van der Waals surface area contributed by atoms with Gasteiger partial charge in [-0.1, -0.05) is 30.7 Å². The maximum atomic E-state index is 12.3. The number of carbonyl (C=O) groups is 2. The van der Waals surface area contributed by atoms with Crippen molar-refractivity contribution in [3.8, 4) is 0 Å². The largest absolute Gasteiger partial charge is 0.481 e. The molecule has 3 rings (SSSR count). The summed E-state index contributed by atoms with van der Waals surface area (Å²) in [7, 11) is 0. The summed E-state index contributed by atoms with van der Waals surface area (Å²) in [5, 5.41) is 16.3. The standard InChI is InChI=1S/C19H23N3O3/c23-18(16-3-1-4-17(11-16)19(24)25)20-12-14-5-7-15(8-6-14)13-22-10-2-9-21-22/h2,5-10,16-17H,1,3-4,11-13H2,(H,20,23)(H,24,25). The Bertz CT molecular complexity index is 710. The van der Waals surface area contributed by atoms with Crippen LogP contribution in [0, 0.1) is 11.8 Å². The van der Waals surface area contributed by atoms with E-state index in [9.17, 15) is 9.59 Å². The topological polar surface area (TPSA) is 84.2 Å². The van der Waals surface area contributed by atoms with Crippen LogP contribution in [-0.2, 0) is 22.7 Å². The summed E-state index contributed by atoms with van der Waals surface area (Å²) in [5.41, 5.74) is 2.18. The van der Waals surface area contributed by atoms with E-state index < -0.39 is 5.97 Å². The third-order valence-corrected chi connectivity index (χ3v) is 4.79. The van der Waals surface area contributed by atoms with Crippen LogP contribution in [0.25, 0.3) is 0 Å². The van der Waals surface area contributed by atoms with Gasteiger partial charge < -0.3 is 10.4 Å². The molecule has 1 aliphatic carbocycles. The average Bonchev–Trinajstić information content (AvgIpc) is 3.14. The van der Waals surface area contributed by atoms with Crippen molar-refractivity contribution in [2.24, 2.45) is 11.8 Å². The van der Waals surface area contributed by atoms with E-state index in [1.54, 1.807) is 6.20 Å². The number of nitrogens with zero attached hydrogens (tertiary/aromatic N) is 2. The lowest BCUT2D eigenvalue weighted by Crippen LogP contribution is -2.35. The molecule has 1 aromatic heterocycles. The number of carboxylic acids is 1. The van der Waals surface area contributed by atoms with E-state index in [0.717, 1.165) is 30.5 Å². The first kappa shape index (κ1) is 17.2. The fraction of sp³-hybridized carbons (Fsp3) is 0.421. The first-order valence-corrected chi connectivity index (χ1v) is 8.67. The Morgan fingerprint density at radius 3 is 2.56 bits per heavy atom. The maximum Gasteiger partial charge on any atom is 0.306 e. The number of carboxylic acid groups (broad SMARTS) is 1. The third-order valence-electron chi connectivity index (χ3n) is 4.79. The molecule has 6 heteroatoms. The quantitative estimate of drug-likeness (QED) is 0.845. The van der Waals surface area contributed by atoms with Gasteiger partial charge in [0, 0.05) is 24.9 Å². The van der Waals surface area contributed by atoms with Gasteiger partial charge >= 0.3 is 5.97 Å². The van der Waals surface area contributed by atoms with Gasteiger partial charge in [0.15, 0.2) is 0 Å². The van der Waals surface area contributed by atoms with Gasteiger partial charge in [0.25, 0.3) is 0 Å². The van der Waals surface area contributed by atoms with Crippen molar-refractivity contribution in [1.82, 2.24) is 15.1 Å². The normalized spacial score (nSPS) is 20.2. The molecule has 1 fully saturated rings. The molecule has 0 aliphatic heterocycles. The molecule has 25 heavy (non-hydrogen) atoms.